The summed E-state index contributed by atoms with van der Waals surface area (Å²) in [6.07, 6.45) is -2.27. The third-order valence-electron chi connectivity index (χ3n) is 4.27. The summed E-state index contributed by atoms with van der Waals surface area (Å²) in [5.74, 6) is -0.265. The van der Waals surface area contributed by atoms with Crippen molar-refractivity contribution in [1.82, 2.24) is 14.9 Å². The van der Waals surface area contributed by atoms with E-state index in [0.717, 1.165) is 6.07 Å². The zero-order valence-corrected chi connectivity index (χ0v) is 14.6. The number of hydrogen-bond donors (Lipinski definition) is 0. The standard InChI is InChI=1S/C18H18F3N3O3/c1-26-17-22-9-6-15(23-17)27-12-7-10-24(11-8-12)16(25)13-4-2-3-5-14(13)18(19,20)21/h2-6,9,12H,7-8,10-11H2,1H3. The lowest BCUT2D eigenvalue weighted by atomic mass is 10.0. The van der Waals surface area contributed by atoms with Crippen molar-refractivity contribution < 1.29 is 27.4 Å². The van der Waals surface area contributed by atoms with Gasteiger partial charge in [0.2, 0.25) is 5.88 Å². The van der Waals surface area contributed by atoms with Crippen molar-refractivity contribution in [3.05, 3.63) is 47.7 Å². The number of aromatic nitrogens is 2. The molecule has 1 saturated heterocycles. The van der Waals surface area contributed by atoms with E-state index in [1.54, 1.807) is 6.07 Å². The molecule has 6 nitrogen and oxygen atoms in total. The van der Waals surface area contributed by atoms with Gasteiger partial charge in [-0.3, -0.25) is 4.79 Å². The summed E-state index contributed by atoms with van der Waals surface area (Å²) < 4.78 is 50.1. The highest BCUT2D eigenvalue weighted by Gasteiger charge is 2.36. The highest BCUT2D eigenvalue weighted by Crippen LogP contribution is 2.32. The Labute approximate surface area is 153 Å². The second-order valence-corrected chi connectivity index (χ2v) is 6.03. The third-order valence-corrected chi connectivity index (χ3v) is 4.27. The number of carbonyl (C=O) groups is 1. The van der Waals surface area contributed by atoms with E-state index < -0.39 is 17.6 Å². The van der Waals surface area contributed by atoms with E-state index in [1.165, 1.54) is 36.4 Å². The molecule has 3 rings (SSSR count). The highest BCUT2D eigenvalue weighted by molar-refractivity contribution is 5.96. The summed E-state index contributed by atoms with van der Waals surface area (Å²) in [6, 6.07) is 6.62. The first-order valence-corrected chi connectivity index (χ1v) is 8.37. The number of methoxy groups -OCH3 is 1. The first-order valence-electron chi connectivity index (χ1n) is 8.37. The summed E-state index contributed by atoms with van der Waals surface area (Å²) in [4.78, 5) is 21.9. The lowest BCUT2D eigenvalue weighted by molar-refractivity contribution is -0.138. The molecule has 1 fully saturated rings. The number of benzene rings is 1. The van der Waals surface area contributed by atoms with Gasteiger partial charge in [0.1, 0.15) is 6.10 Å². The number of nitrogens with zero attached hydrogens (tertiary/aromatic N) is 3. The molecule has 2 heterocycles. The van der Waals surface area contributed by atoms with Gasteiger partial charge >= 0.3 is 12.2 Å². The van der Waals surface area contributed by atoms with Crippen LogP contribution in [0.15, 0.2) is 36.5 Å². The smallest absolute Gasteiger partial charge is 0.417 e. The Hall–Kier alpha value is -2.84. The van der Waals surface area contributed by atoms with Crippen molar-refractivity contribution in [3.63, 3.8) is 0 Å². The van der Waals surface area contributed by atoms with Crippen LogP contribution in [0, 0.1) is 0 Å². The van der Waals surface area contributed by atoms with E-state index in [0.29, 0.717) is 31.8 Å². The number of likely N-dealkylation sites (tertiary alicyclic amines) is 1. The van der Waals surface area contributed by atoms with Gasteiger partial charge in [-0.05, 0) is 12.1 Å². The molecule has 0 unspecified atom stereocenters. The molecule has 1 aliphatic rings. The average molecular weight is 381 g/mol. The van der Waals surface area contributed by atoms with Crippen LogP contribution in [-0.4, -0.2) is 47.1 Å². The molecule has 9 heteroatoms. The molecule has 0 bridgehead atoms. The Kier molecular flexibility index (Phi) is 5.48. The fourth-order valence-electron chi connectivity index (χ4n) is 2.92. The molecule has 1 amide bonds. The second-order valence-electron chi connectivity index (χ2n) is 6.03. The van der Waals surface area contributed by atoms with Gasteiger partial charge in [0.25, 0.3) is 5.91 Å². The quantitative estimate of drug-likeness (QED) is 0.814. The molecule has 0 atom stereocenters. The molecule has 0 N–H and O–H groups in total. The van der Waals surface area contributed by atoms with Crippen LogP contribution < -0.4 is 9.47 Å². The summed E-state index contributed by atoms with van der Waals surface area (Å²) in [7, 11) is 1.45. The molecule has 1 aromatic heterocycles. The third kappa shape index (κ3) is 4.47. The predicted octanol–water partition coefficient (Wildman–Crippen LogP) is 3.19. The van der Waals surface area contributed by atoms with Crippen LogP contribution in [0.4, 0.5) is 13.2 Å². The lowest BCUT2D eigenvalue weighted by Crippen LogP contribution is -2.42. The van der Waals surface area contributed by atoms with Gasteiger partial charge in [-0.1, -0.05) is 12.1 Å². The average Bonchev–Trinajstić information content (AvgIpc) is 2.67. The van der Waals surface area contributed by atoms with Gasteiger partial charge in [-0.15, -0.1) is 0 Å². The Morgan fingerprint density at radius 3 is 2.56 bits per heavy atom. The normalized spacial score (nSPS) is 15.5. The number of rotatable bonds is 4. The maximum Gasteiger partial charge on any atom is 0.417 e. The van der Waals surface area contributed by atoms with Crippen molar-refractivity contribution in [1.29, 1.82) is 0 Å². The summed E-state index contributed by atoms with van der Waals surface area (Å²) in [5.41, 5.74) is -1.24. The van der Waals surface area contributed by atoms with E-state index in [1.807, 2.05) is 0 Å². The van der Waals surface area contributed by atoms with Gasteiger partial charge in [0, 0.05) is 38.2 Å². The fourth-order valence-corrected chi connectivity index (χ4v) is 2.92. The molecule has 1 aliphatic heterocycles. The van der Waals surface area contributed by atoms with Gasteiger partial charge in [0.05, 0.1) is 18.2 Å². The molecule has 0 spiro atoms. The van der Waals surface area contributed by atoms with Crippen LogP contribution in [0.5, 0.6) is 11.9 Å². The van der Waals surface area contributed by atoms with Gasteiger partial charge in [-0.2, -0.15) is 18.2 Å². The number of carbonyl (C=O) groups excluding carboxylic acids is 1. The zero-order valence-electron chi connectivity index (χ0n) is 14.6. The largest absolute Gasteiger partial charge is 0.474 e. The van der Waals surface area contributed by atoms with Crippen LogP contribution >= 0.6 is 0 Å². The number of amides is 1. The number of ether oxygens (including phenoxy) is 2. The number of piperidine rings is 1. The summed E-state index contributed by atoms with van der Waals surface area (Å²) in [6.45, 7) is 0.607. The van der Waals surface area contributed by atoms with Crippen molar-refractivity contribution in [2.75, 3.05) is 20.2 Å². The molecule has 2 aromatic rings. The Balaban J connectivity index is 1.63. The first kappa shape index (κ1) is 18.9. The highest BCUT2D eigenvalue weighted by atomic mass is 19.4. The van der Waals surface area contributed by atoms with Crippen LogP contribution in [0.25, 0.3) is 0 Å². The number of hydrogen-bond acceptors (Lipinski definition) is 5. The Morgan fingerprint density at radius 1 is 1.19 bits per heavy atom. The van der Waals surface area contributed by atoms with Gasteiger partial charge in [0.15, 0.2) is 0 Å². The van der Waals surface area contributed by atoms with Crippen molar-refractivity contribution in [3.8, 4) is 11.9 Å². The predicted molar refractivity (Wildman–Crippen MR) is 89.6 cm³/mol. The van der Waals surface area contributed by atoms with E-state index in [9.17, 15) is 18.0 Å². The first-order chi connectivity index (χ1) is 12.9. The van der Waals surface area contributed by atoms with E-state index >= 15 is 0 Å². The minimum atomic E-state index is -4.57. The van der Waals surface area contributed by atoms with Crippen molar-refractivity contribution in [2.45, 2.75) is 25.1 Å². The minimum Gasteiger partial charge on any atom is -0.474 e. The van der Waals surface area contributed by atoms with Crippen LogP contribution in [-0.2, 0) is 6.18 Å². The molecule has 1 aromatic carbocycles. The molecule has 27 heavy (non-hydrogen) atoms. The van der Waals surface area contributed by atoms with Crippen molar-refractivity contribution >= 4 is 5.91 Å². The summed E-state index contributed by atoms with van der Waals surface area (Å²) in [5, 5.41) is 0. The molecule has 0 aliphatic carbocycles. The SMILES string of the molecule is COc1nccc(OC2CCN(C(=O)c3ccccc3C(F)(F)F)CC2)n1. The van der Waals surface area contributed by atoms with E-state index in [-0.39, 0.29) is 17.7 Å². The second kappa shape index (κ2) is 7.81. The molecule has 0 radical (unpaired) electrons. The molecular formula is C18H18F3N3O3. The maximum absolute atomic E-state index is 13.1. The molecule has 144 valence electrons. The minimum absolute atomic E-state index is 0.184. The summed E-state index contributed by atoms with van der Waals surface area (Å²) >= 11 is 0. The van der Waals surface area contributed by atoms with Crippen LogP contribution in [0.1, 0.15) is 28.8 Å². The Morgan fingerprint density at radius 2 is 1.89 bits per heavy atom. The zero-order chi connectivity index (χ0) is 19.4. The van der Waals surface area contributed by atoms with Crippen LogP contribution in [0.3, 0.4) is 0 Å². The van der Waals surface area contributed by atoms with Crippen molar-refractivity contribution in [2.24, 2.45) is 0 Å². The van der Waals surface area contributed by atoms with Gasteiger partial charge < -0.3 is 14.4 Å². The van der Waals surface area contributed by atoms with Gasteiger partial charge in [-0.25, -0.2) is 4.98 Å². The van der Waals surface area contributed by atoms with E-state index in [4.69, 9.17) is 9.47 Å². The Bertz CT molecular complexity index is 806. The fraction of sp³-hybridized carbons (Fsp3) is 0.389. The monoisotopic (exact) mass is 381 g/mol. The topological polar surface area (TPSA) is 64.6 Å². The lowest BCUT2D eigenvalue weighted by Gasteiger charge is -2.32. The number of alkyl halides is 3. The van der Waals surface area contributed by atoms with E-state index in [2.05, 4.69) is 9.97 Å². The van der Waals surface area contributed by atoms with Crippen LogP contribution in [0.2, 0.25) is 0 Å². The maximum atomic E-state index is 13.1. The number of halogens is 3. The molecule has 0 saturated carbocycles. The molecular weight excluding hydrogens is 363 g/mol.